The molecule has 0 heterocycles. The molecule has 9 heavy (non-hydrogen) atoms. The van der Waals surface area contributed by atoms with Gasteiger partial charge < -0.3 is 5.11 Å². The lowest BCUT2D eigenvalue weighted by Crippen LogP contribution is -1.78. The zero-order valence-corrected chi connectivity index (χ0v) is 9.71. The molecule has 0 unspecified atom stereocenters. The van der Waals surface area contributed by atoms with Crippen LogP contribution in [0.1, 0.15) is 20.3 Å². The zero-order chi connectivity index (χ0) is 7.86. The molecule has 0 atom stereocenters. The molecule has 0 aromatic carbocycles. The average molecular weight is 356 g/mol. The van der Waals surface area contributed by atoms with E-state index in [1.54, 1.807) is 0 Å². The fourth-order valence-corrected chi connectivity index (χ4v) is 0. The second kappa shape index (κ2) is 8.93. The van der Waals surface area contributed by atoms with Gasteiger partial charge in [-0.2, -0.15) is 0 Å². The first-order chi connectivity index (χ1) is 4.00. The molecule has 0 aliphatic rings. The van der Waals surface area contributed by atoms with E-state index in [1.165, 1.54) is 6.42 Å². The van der Waals surface area contributed by atoms with Gasteiger partial charge in [-0.1, -0.05) is 52.1 Å². The Balaban J connectivity index is 0. The SMILES string of the molecule is CC(=O)O.CCC(I)I. The lowest BCUT2D eigenvalue weighted by molar-refractivity contribution is -0.134. The van der Waals surface area contributed by atoms with Crippen molar-refractivity contribution in [1.82, 2.24) is 0 Å². The molecule has 4 heteroatoms. The van der Waals surface area contributed by atoms with Crippen molar-refractivity contribution in [3.63, 3.8) is 0 Å². The van der Waals surface area contributed by atoms with Crippen LogP contribution in [0.25, 0.3) is 0 Å². The summed E-state index contributed by atoms with van der Waals surface area (Å²) >= 11 is 4.79. The van der Waals surface area contributed by atoms with Gasteiger partial charge in [0.25, 0.3) is 5.97 Å². The first kappa shape index (κ1) is 12.6. The molecule has 0 saturated carbocycles. The molecule has 0 aromatic rings. The van der Waals surface area contributed by atoms with E-state index in [9.17, 15) is 0 Å². The largest absolute Gasteiger partial charge is 0.481 e. The van der Waals surface area contributed by atoms with Gasteiger partial charge in [0, 0.05) is 6.92 Å². The number of hydrogen-bond acceptors (Lipinski definition) is 1. The number of carbonyl (C=O) groups is 1. The topological polar surface area (TPSA) is 37.3 Å². The van der Waals surface area contributed by atoms with Crippen molar-refractivity contribution in [2.45, 2.75) is 22.2 Å². The maximum Gasteiger partial charge on any atom is 0.300 e. The highest BCUT2D eigenvalue weighted by Gasteiger charge is 1.85. The third-order valence-corrected chi connectivity index (χ3v) is 2.07. The Morgan fingerprint density at radius 3 is 1.78 bits per heavy atom. The van der Waals surface area contributed by atoms with E-state index >= 15 is 0 Å². The molecule has 2 nitrogen and oxygen atoms in total. The fraction of sp³-hybridized carbons (Fsp3) is 0.800. The van der Waals surface area contributed by atoms with Gasteiger partial charge in [0.1, 0.15) is 0 Å². The molecule has 0 aliphatic heterocycles. The molecule has 0 amide bonds. The van der Waals surface area contributed by atoms with Gasteiger partial charge in [0.05, 0.1) is 1.93 Å². The maximum atomic E-state index is 9.00. The van der Waals surface area contributed by atoms with Crippen molar-refractivity contribution in [2.24, 2.45) is 0 Å². The molecule has 56 valence electrons. The number of hydrogen-bond donors (Lipinski definition) is 1. The molecule has 0 radical (unpaired) electrons. The fourth-order valence-electron chi connectivity index (χ4n) is 0. The van der Waals surface area contributed by atoms with Crippen LogP contribution in [0.4, 0.5) is 0 Å². The van der Waals surface area contributed by atoms with Gasteiger partial charge in [-0.15, -0.1) is 0 Å². The van der Waals surface area contributed by atoms with E-state index < -0.39 is 5.97 Å². The number of halogens is 2. The Kier molecular flexibility index (Phi) is 12.5. The Labute approximate surface area is 82.7 Å². The van der Waals surface area contributed by atoms with Crippen LogP contribution in [0.5, 0.6) is 0 Å². The summed E-state index contributed by atoms with van der Waals surface area (Å²) in [6.07, 6.45) is 1.28. The molecule has 0 aromatic heterocycles. The normalized spacial score (nSPS) is 8.11. The second-order valence-electron chi connectivity index (χ2n) is 1.32. The number of aliphatic carboxylic acids is 1. The van der Waals surface area contributed by atoms with Gasteiger partial charge in [-0.05, 0) is 6.42 Å². The Morgan fingerprint density at radius 1 is 1.67 bits per heavy atom. The maximum absolute atomic E-state index is 9.00. The molecule has 1 N–H and O–H groups in total. The quantitative estimate of drug-likeness (QED) is 0.580. The summed E-state index contributed by atoms with van der Waals surface area (Å²) in [6, 6.07) is 0. The number of carboxylic acid groups (broad SMARTS) is 1. The highest BCUT2D eigenvalue weighted by molar-refractivity contribution is 14.2. The number of carboxylic acids is 1. The summed E-state index contributed by atoms with van der Waals surface area (Å²) < 4.78 is 0.824. The monoisotopic (exact) mass is 356 g/mol. The summed E-state index contributed by atoms with van der Waals surface area (Å²) in [4.78, 5) is 9.00. The minimum Gasteiger partial charge on any atom is -0.481 e. The van der Waals surface area contributed by atoms with E-state index in [0.717, 1.165) is 8.86 Å². The van der Waals surface area contributed by atoms with Crippen molar-refractivity contribution in [3.8, 4) is 0 Å². The van der Waals surface area contributed by atoms with Crippen LogP contribution < -0.4 is 0 Å². The van der Waals surface area contributed by atoms with Crippen molar-refractivity contribution in [3.05, 3.63) is 0 Å². The third kappa shape index (κ3) is 50.0. The van der Waals surface area contributed by atoms with Crippen LogP contribution in [-0.4, -0.2) is 13.0 Å². The van der Waals surface area contributed by atoms with Gasteiger partial charge in [0.2, 0.25) is 0 Å². The van der Waals surface area contributed by atoms with Gasteiger partial charge in [-0.25, -0.2) is 0 Å². The first-order valence-electron chi connectivity index (χ1n) is 2.48. The minimum atomic E-state index is -0.833. The average Bonchev–Trinajstić information content (AvgIpc) is 1.65. The van der Waals surface area contributed by atoms with Crippen LogP contribution in [0.2, 0.25) is 0 Å². The molecular formula is C5H10I2O2. The van der Waals surface area contributed by atoms with Crippen LogP contribution in [0, 0.1) is 0 Å². The summed E-state index contributed by atoms with van der Waals surface area (Å²) in [6.45, 7) is 3.27. The minimum absolute atomic E-state index is 0.824. The summed E-state index contributed by atoms with van der Waals surface area (Å²) in [5.41, 5.74) is 0. The molecule has 0 bridgehead atoms. The van der Waals surface area contributed by atoms with Crippen molar-refractivity contribution in [2.75, 3.05) is 0 Å². The lowest BCUT2D eigenvalue weighted by Gasteiger charge is -1.85. The molecule has 0 saturated heterocycles. The predicted octanol–water partition coefficient (Wildman–Crippen LogP) is 2.68. The first-order valence-corrected chi connectivity index (χ1v) is 4.97. The number of alkyl halides is 2. The van der Waals surface area contributed by atoms with Crippen molar-refractivity contribution < 1.29 is 9.90 Å². The van der Waals surface area contributed by atoms with E-state index in [4.69, 9.17) is 9.90 Å². The summed E-state index contributed by atoms with van der Waals surface area (Å²) in [5.74, 6) is -0.833. The van der Waals surface area contributed by atoms with Crippen LogP contribution >= 0.6 is 45.2 Å². The van der Waals surface area contributed by atoms with Crippen LogP contribution in [0.3, 0.4) is 0 Å². The standard InChI is InChI=1S/C3H6I2.C2H4O2/c1-2-3(4)5;1-2(3)4/h3H,2H2,1H3;1H3,(H,3,4). The zero-order valence-electron chi connectivity index (χ0n) is 5.40. The molecule has 0 aliphatic carbocycles. The van der Waals surface area contributed by atoms with E-state index in [2.05, 4.69) is 52.1 Å². The van der Waals surface area contributed by atoms with Gasteiger partial charge in [0.15, 0.2) is 0 Å². The van der Waals surface area contributed by atoms with Crippen molar-refractivity contribution >= 4 is 51.2 Å². The highest BCUT2D eigenvalue weighted by Crippen LogP contribution is 2.11. The van der Waals surface area contributed by atoms with Crippen molar-refractivity contribution in [1.29, 1.82) is 0 Å². The van der Waals surface area contributed by atoms with Gasteiger partial charge in [-0.3, -0.25) is 4.79 Å². The molecule has 0 rings (SSSR count). The van der Waals surface area contributed by atoms with E-state index in [-0.39, 0.29) is 0 Å². The second-order valence-corrected chi connectivity index (χ2v) is 6.71. The Morgan fingerprint density at radius 2 is 1.78 bits per heavy atom. The molecular weight excluding hydrogens is 346 g/mol. The third-order valence-electron chi connectivity index (χ3n) is 0.309. The highest BCUT2D eigenvalue weighted by atomic mass is 127. The lowest BCUT2D eigenvalue weighted by atomic mass is 10.6. The van der Waals surface area contributed by atoms with Gasteiger partial charge >= 0.3 is 0 Å². The predicted molar refractivity (Wildman–Crippen MR) is 55.4 cm³/mol. The summed E-state index contributed by atoms with van der Waals surface area (Å²) in [5, 5.41) is 7.42. The number of rotatable bonds is 1. The Hall–Kier alpha value is 0.930. The molecule has 0 spiro atoms. The van der Waals surface area contributed by atoms with E-state index in [0.29, 0.717) is 0 Å². The smallest absolute Gasteiger partial charge is 0.300 e. The van der Waals surface area contributed by atoms with Crippen LogP contribution in [-0.2, 0) is 4.79 Å². The Bertz CT molecular complexity index is 69.4. The van der Waals surface area contributed by atoms with Crippen LogP contribution in [0.15, 0.2) is 0 Å². The molecule has 0 fully saturated rings. The summed E-state index contributed by atoms with van der Waals surface area (Å²) in [7, 11) is 0. The van der Waals surface area contributed by atoms with E-state index in [1.807, 2.05) is 0 Å².